The maximum atomic E-state index is 12.8. The lowest BCUT2D eigenvalue weighted by Crippen LogP contribution is -2.46. The predicted octanol–water partition coefficient (Wildman–Crippen LogP) is 2.50. The van der Waals surface area contributed by atoms with Crippen LogP contribution in [-0.2, 0) is 9.59 Å². The van der Waals surface area contributed by atoms with Crippen molar-refractivity contribution in [3.63, 3.8) is 0 Å². The summed E-state index contributed by atoms with van der Waals surface area (Å²) in [6.07, 6.45) is 6.67. The molecule has 0 bridgehead atoms. The smallest absolute Gasteiger partial charge is 0.227 e. The Bertz CT molecular complexity index is 561. The Hall–Kier alpha value is -1.06. The van der Waals surface area contributed by atoms with Crippen molar-refractivity contribution in [2.45, 2.75) is 72.3 Å². The van der Waals surface area contributed by atoms with Crippen LogP contribution >= 0.6 is 24.0 Å². The van der Waals surface area contributed by atoms with E-state index in [1.807, 2.05) is 32.6 Å². The zero-order valence-electron chi connectivity index (χ0n) is 18.6. The molecule has 168 valence electrons. The van der Waals surface area contributed by atoms with Crippen molar-refractivity contribution in [3.8, 4) is 0 Å². The van der Waals surface area contributed by atoms with Gasteiger partial charge in [0.25, 0.3) is 0 Å². The normalized spacial score (nSPS) is 20.8. The molecule has 1 aliphatic carbocycles. The number of nitrogens with zero attached hydrogens (tertiary/aromatic N) is 2. The molecule has 29 heavy (non-hydrogen) atoms. The minimum atomic E-state index is -0.559. The van der Waals surface area contributed by atoms with Gasteiger partial charge in [-0.25, -0.2) is 0 Å². The fourth-order valence-corrected chi connectivity index (χ4v) is 3.95. The predicted molar refractivity (Wildman–Crippen MR) is 129 cm³/mol. The topological polar surface area (TPSA) is 85.8 Å². The van der Waals surface area contributed by atoms with E-state index in [1.54, 1.807) is 0 Å². The van der Waals surface area contributed by atoms with E-state index in [1.165, 1.54) is 19.3 Å². The third-order valence-corrected chi connectivity index (χ3v) is 5.72. The van der Waals surface area contributed by atoms with E-state index in [0.717, 1.165) is 44.9 Å². The number of hydrogen-bond acceptors (Lipinski definition) is 3. The highest BCUT2D eigenvalue weighted by Crippen LogP contribution is 2.26. The molecule has 2 amide bonds. The number of guanidine groups is 1. The van der Waals surface area contributed by atoms with Gasteiger partial charge in [0.1, 0.15) is 0 Å². The van der Waals surface area contributed by atoms with Gasteiger partial charge in [-0.3, -0.25) is 14.6 Å². The zero-order valence-corrected chi connectivity index (χ0v) is 20.9. The van der Waals surface area contributed by atoms with Crippen LogP contribution < -0.4 is 16.0 Å². The van der Waals surface area contributed by atoms with Gasteiger partial charge in [-0.15, -0.1) is 24.0 Å². The Labute approximate surface area is 193 Å². The van der Waals surface area contributed by atoms with Gasteiger partial charge in [-0.1, -0.05) is 19.3 Å². The minimum Gasteiger partial charge on any atom is -0.357 e. The van der Waals surface area contributed by atoms with Crippen molar-refractivity contribution < 1.29 is 9.59 Å². The molecule has 0 aromatic carbocycles. The maximum Gasteiger partial charge on any atom is 0.227 e. The van der Waals surface area contributed by atoms with E-state index < -0.39 is 5.41 Å². The van der Waals surface area contributed by atoms with Gasteiger partial charge in [0.05, 0.1) is 12.0 Å². The first-order chi connectivity index (χ1) is 13.4. The van der Waals surface area contributed by atoms with E-state index in [4.69, 9.17) is 0 Å². The molecule has 1 saturated heterocycles. The number of likely N-dealkylation sites (tertiary alicyclic amines) is 1. The van der Waals surface area contributed by atoms with Crippen LogP contribution in [0, 0.1) is 11.3 Å². The van der Waals surface area contributed by atoms with Gasteiger partial charge >= 0.3 is 0 Å². The van der Waals surface area contributed by atoms with E-state index >= 15 is 0 Å². The largest absolute Gasteiger partial charge is 0.357 e. The van der Waals surface area contributed by atoms with Crippen molar-refractivity contribution in [2.24, 2.45) is 16.3 Å². The Morgan fingerprint density at radius 3 is 2.31 bits per heavy atom. The summed E-state index contributed by atoms with van der Waals surface area (Å²) in [7, 11) is 0. The van der Waals surface area contributed by atoms with Crippen molar-refractivity contribution in [1.82, 2.24) is 20.9 Å². The quantitative estimate of drug-likeness (QED) is 0.273. The number of aliphatic imine (C=N–C) groups is 1. The van der Waals surface area contributed by atoms with Crippen LogP contribution in [0.3, 0.4) is 0 Å². The number of carbonyl (C=O) groups is 2. The fraction of sp³-hybridized carbons (Fsp3) is 0.857. The molecule has 2 rings (SSSR count). The van der Waals surface area contributed by atoms with Crippen molar-refractivity contribution >= 4 is 41.8 Å². The first-order valence-electron chi connectivity index (χ1n) is 11.0. The second-order valence-electron chi connectivity index (χ2n) is 8.69. The molecule has 1 aliphatic heterocycles. The van der Waals surface area contributed by atoms with E-state index in [0.29, 0.717) is 19.0 Å². The van der Waals surface area contributed by atoms with Crippen LogP contribution in [0.5, 0.6) is 0 Å². The molecule has 0 aromatic rings. The lowest BCUT2D eigenvalue weighted by molar-refractivity contribution is -0.135. The maximum absolute atomic E-state index is 12.8. The summed E-state index contributed by atoms with van der Waals surface area (Å²) in [4.78, 5) is 31.6. The van der Waals surface area contributed by atoms with Gasteiger partial charge in [-0.05, 0) is 47.0 Å². The molecule has 3 N–H and O–H groups in total. The summed E-state index contributed by atoms with van der Waals surface area (Å²) < 4.78 is 0. The summed E-state index contributed by atoms with van der Waals surface area (Å²) >= 11 is 0. The van der Waals surface area contributed by atoms with E-state index in [9.17, 15) is 9.59 Å². The molecule has 2 fully saturated rings. The van der Waals surface area contributed by atoms with Crippen molar-refractivity contribution in [3.05, 3.63) is 0 Å². The molecule has 0 aromatic heterocycles. The van der Waals surface area contributed by atoms with Gasteiger partial charge in [0.2, 0.25) is 11.8 Å². The molecule has 1 heterocycles. The summed E-state index contributed by atoms with van der Waals surface area (Å²) in [5.41, 5.74) is -0.559. The first-order valence-corrected chi connectivity index (χ1v) is 11.0. The molecule has 1 atom stereocenters. The Kier molecular flexibility index (Phi) is 11.3. The van der Waals surface area contributed by atoms with E-state index in [-0.39, 0.29) is 41.8 Å². The molecule has 0 spiro atoms. The summed E-state index contributed by atoms with van der Waals surface area (Å²) in [5.74, 6) is 1.30. The summed E-state index contributed by atoms with van der Waals surface area (Å²) in [6, 6.07) is 0.206. The molecule has 1 unspecified atom stereocenters. The van der Waals surface area contributed by atoms with E-state index in [2.05, 4.69) is 20.9 Å². The van der Waals surface area contributed by atoms with Crippen LogP contribution in [0.2, 0.25) is 0 Å². The second kappa shape index (κ2) is 12.6. The Balaban J connectivity index is 0.00000420. The Morgan fingerprint density at radius 1 is 1.03 bits per heavy atom. The molecule has 0 radical (unpaired) electrons. The fourth-order valence-electron chi connectivity index (χ4n) is 3.95. The van der Waals surface area contributed by atoms with Crippen LogP contribution in [0.1, 0.15) is 66.2 Å². The lowest BCUT2D eigenvalue weighted by atomic mass is 9.88. The third-order valence-electron chi connectivity index (χ3n) is 5.72. The number of halogens is 1. The standard InChI is InChI=1S/C21H39N5O2.HI/c1-5-22-19(28)21(3,4)15-24-20(23-6-2)25-17-12-13-26(14-17)18(27)16-10-8-7-9-11-16;/h16-17H,5-15H2,1-4H3,(H,22,28)(H2,23,24,25);1H. The second-order valence-corrected chi connectivity index (χ2v) is 8.69. The summed E-state index contributed by atoms with van der Waals surface area (Å²) in [5, 5.41) is 9.60. The SMILES string of the molecule is CCNC(=O)C(C)(C)CN=C(NCC)NC1CCN(C(=O)C2CCCCC2)C1.I. The average Bonchev–Trinajstić information content (AvgIpc) is 3.15. The molecular weight excluding hydrogens is 481 g/mol. The number of rotatable bonds is 7. The number of carbonyl (C=O) groups excluding carboxylic acids is 2. The van der Waals surface area contributed by atoms with Crippen molar-refractivity contribution in [1.29, 1.82) is 0 Å². The molecular formula is C21H40IN5O2. The van der Waals surface area contributed by atoms with Gasteiger partial charge in [0, 0.05) is 38.1 Å². The molecule has 7 nitrogen and oxygen atoms in total. The monoisotopic (exact) mass is 521 g/mol. The highest BCUT2D eigenvalue weighted by Gasteiger charge is 2.32. The van der Waals surface area contributed by atoms with Crippen LogP contribution in [0.25, 0.3) is 0 Å². The van der Waals surface area contributed by atoms with Gasteiger partial charge in [0.15, 0.2) is 5.96 Å². The molecule has 2 aliphatic rings. The highest BCUT2D eigenvalue weighted by molar-refractivity contribution is 14.0. The first kappa shape index (κ1) is 26.0. The van der Waals surface area contributed by atoms with Gasteiger partial charge < -0.3 is 20.9 Å². The van der Waals surface area contributed by atoms with Crippen LogP contribution in [0.15, 0.2) is 4.99 Å². The lowest BCUT2D eigenvalue weighted by Gasteiger charge is -2.26. The minimum absolute atomic E-state index is 0. The van der Waals surface area contributed by atoms with Gasteiger partial charge in [-0.2, -0.15) is 0 Å². The highest BCUT2D eigenvalue weighted by atomic mass is 127. The average molecular weight is 521 g/mol. The number of hydrogen-bond donors (Lipinski definition) is 3. The molecule has 8 heteroatoms. The zero-order chi connectivity index (χ0) is 20.6. The Morgan fingerprint density at radius 2 is 1.69 bits per heavy atom. The van der Waals surface area contributed by atoms with Crippen molar-refractivity contribution in [2.75, 3.05) is 32.7 Å². The molecule has 1 saturated carbocycles. The number of amides is 2. The number of nitrogens with one attached hydrogen (secondary N) is 3. The van der Waals surface area contributed by atoms with Crippen LogP contribution in [-0.4, -0.2) is 61.4 Å². The summed E-state index contributed by atoms with van der Waals surface area (Å²) in [6.45, 7) is 11.1. The van der Waals surface area contributed by atoms with Crippen LogP contribution in [0.4, 0.5) is 0 Å². The third kappa shape index (κ3) is 7.94.